The third-order valence-corrected chi connectivity index (χ3v) is 5.55. The molecule has 0 unspecified atom stereocenters. The van der Waals surface area contributed by atoms with Crippen LogP contribution in [0.5, 0.6) is 0 Å². The summed E-state index contributed by atoms with van der Waals surface area (Å²) in [6.07, 6.45) is 8.31. The van der Waals surface area contributed by atoms with E-state index >= 15 is 0 Å². The van der Waals surface area contributed by atoms with Crippen molar-refractivity contribution in [1.82, 2.24) is 9.80 Å². The van der Waals surface area contributed by atoms with Crippen LogP contribution in [0, 0.1) is 0 Å². The topological polar surface area (TPSA) is 57.7 Å². The number of carbonyl (C=O) groups excluding carboxylic acids is 3. The van der Waals surface area contributed by atoms with Crippen LogP contribution in [0.4, 0.5) is 4.79 Å². The lowest BCUT2D eigenvalue weighted by Gasteiger charge is -2.34. The molecule has 0 aliphatic carbocycles. The maximum Gasteiger partial charge on any atom is 0.294 e. The van der Waals surface area contributed by atoms with E-state index in [1.807, 2.05) is 43.3 Å². The molecule has 0 aromatic heterocycles. The number of nitrogens with zero attached hydrogens (tertiary/aromatic N) is 2. The van der Waals surface area contributed by atoms with Crippen LogP contribution in [0.2, 0.25) is 0 Å². The molecule has 0 saturated carbocycles. The molecule has 5 nitrogen and oxygen atoms in total. The number of hydrogen-bond donors (Lipinski definition) is 0. The second-order valence-electron chi connectivity index (χ2n) is 6.49. The van der Waals surface area contributed by atoms with Gasteiger partial charge in [-0.05, 0) is 49.6 Å². The Hall–Kier alpha value is -2.34. The molecule has 136 valence electrons. The molecule has 1 aromatic carbocycles. The van der Waals surface area contributed by atoms with Crippen LogP contribution in [0.1, 0.15) is 31.7 Å². The van der Waals surface area contributed by atoms with E-state index in [4.69, 9.17) is 0 Å². The molecule has 2 aliphatic heterocycles. The molecule has 0 N–H and O–H groups in total. The second kappa shape index (κ2) is 8.36. The zero-order valence-corrected chi connectivity index (χ0v) is 15.6. The maximum atomic E-state index is 12.5. The van der Waals surface area contributed by atoms with Crippen molar-refractivity contribution in [3.05, 3.63) is 53.0 Å². The zero-order valence-electron chi connectivity index (χ0n) is 14.8. The largest absolute Gasteiger partial charge is 0.338 e. The smallest absolute Gasteiger partial charge is 0.294 e. The van der Waals surface area contributed by atoms with Crippen molar-refractivity contribution >= 4 is 34.9 Å². The molecular weight excluding hydrogens is 348 g/mol. The van der Waals surface area contributed by atoms with Crippen LogP contribution >= 0.6 is 11.8 Å². The molecule has 3 rings (SSSR count). The van der Waals surface area contributed by atoms with Gasteiger partial charge < -0.3 is 4.90 Å². The Morgan fingerprint density at radius 2 is 2.00 bits per heavy atom. The maximum absolute atomic E-state index is 12.5. The number of allylic oxidation sites excluding steroid dienone is 2. The van der Waals surface area contributed by atoms with Gasteiger partial charge in [0.15, 0.2) is 0 Å². The van der Waals surface area contributed by atoms with Gasteiger partial charge in [-0.3, -0.25) is 19.3 Å². The summed E-state index contributed by atoms with van der Waals surface area (Å²) in [4.78, 5) is 40.3. The Morgan fingerprint density at radius 3 is 2.73 bits per heavy atom. The van der Waals surface area contributed by atoms with Crippen molar-refractivity contribution in [2.24, 2.45) is 0 Å². The molecule has 1 atom stereocenters. The summed E-state index contributed by atoms with van der Waals surface area (Å²) >= 11 is 0.883. The Morgan fingerprint density at radius 1 is 1.23 bits per heavy atom. The van der Waals surface area contributed by atoms with Crippen molar-refractivity contribution in [1.29, 1.82) is 0 Å². The van der Waals surface area contributed by atoms with Gasteiger partial charge in [-0.1, -0.05) is 42.5 Å². The number of thioether (sulfide) groups is 1. The van der Waals surface area contributed by atoms with Crippen molar-refractivity contribution in [2.75, 3.05) is 13.1 Å². The first-order chi connectivity index (χ1) is 12.6. The van der Waals surface area contributed by atoms with Gasteiger partial charge in [0.05, 0.1) is 4.91 Å². The van der Waals surface area contributed by atoms with E-state index in [0.717, 1.165) is 41.5 Å². The molecule has 2 heterocycles. The lowest BCUT2D eigenvalue weighted by Crippen LogP contribution is -2.47. The molecule has 2 saturated heterocycles. The number of benzene rings is 1. The summed E-state index contributed by atoms with van der Waals surface area (Å²) in [5.74, 6) is -0.545. The van der Waals surface area contributed by atoms with Crippen LogP contribution in [-0.2, 0) is 9.59 Å². The fourth-order valence-corrected chi connectivity index (χ4v) is 3.95. The Bertz CT molecular complexity index is 758. The summed E-state index contributed by atoms with van der Waals surface area (Å²) < 4.78 is 0. The number of hydrogen-bond acceptors (Lipinski definition) is 4. The minimum absolute atomic E-state index is 0.152. The Balaban J connectivity index is 1.64. The lowest BCUT2D eigenvalue weighted by molar-refractivity contribution is -0.138. The fourth-order valence-electron chi connectivity index (χ4n) is 3.16. The second-order valence-corrected chi connectivity index (χ2v) is 7.49. The van der Waals surface area contributed by atoms with E-state index in [0.29, 0.717) is 11.4 Å². The first kappa shape index (κ1) is 18.5. The monoisotopic (exact) mass is 370 g/mol. The van der Waals surface area contributed by atoms with Gasteiger partial charge in [-0.25, -0.2) is 0 Å². The highest BCUT2D eigenvalue weighted by atomic mass is 32.2. The van der Waals surface area contributed by atoms with Crippen molar-refractivity contribution in [3.63, 3.8) is 0 Å². The number of piperidine rings is 1. The predicted octanol–water partition coefficient (Wildman–Crippen LogP) is 3.68. The summed E-state index contributed by atoms with van der Waals surface area (Å²) in [7, 11) is 0. The first-order valence-electron chi connectivity index (χ1n) is 8.83. The third kappa shape index (κ3) is 4.25. The summed E-state index contributed by atoms with van der Waals surface area (Å²) in [6.45, 7) is 2.54. The Labute approximate surface area is 157 Å². The Kier molecular flexibility index (Phi) is 5.93. The van der Waals surface area contributed by atoms with Gasteiger partial charge in [-0.15, -0.1) is 0 Å². The number of imide groups is 1. The highest BCUT2D eigenvalue weighted by molar-refractivity contribution is 8.18. The van der Waals surface area contributed by atoms with Gasteiger partial charge in [0.25, 0.3) is 11.1 Å². The van der Waals surface area contributed by atoms with Crippen LogP contribution in [0.25, 0.3) is 6.08 Å². The van der Waals surface area contributed by atoms with E-state index in [1.54, 1.807) is 17.1 Å². The number of likely N-dealkylation sites (tertiary alicyclic amines) is 1. The molecular formula is C20H22N2O3S. The van der Waals surface area contributed by atoms with Crippen molar-refractivity contribution in [2.45, 2.75) is 32.2 Å². The van der Waals surface area contributed by atoms with Gasteiger partial charge in [0.2, 0.25) is 5.91 Å². The van der Waals surface area contributed by atoms with Gasteiger partial charge >= 0.3 is 0 Å². The van der Waals surface area contributed by atoms with Crippen LogP contribution in [0.3, 0.4) is 0 Å². The van der Waals surface area contributed by atoms with Crippen LogP contribution in [-0.4, -0.2) is 46.0 Å². The van der Waals surface area contributed by atoms with Gasteiger partial charge in [-0.2, -0.15) is 0 Å². The van der Waals surface area contributed by atoms with Crippen LogP contribution < -0.4 is 0 Å². The normalized spacial score (nSPS) is 22.7. The standard InChI is InChI=1S/C20H22N2O3S/c1-15-8-5-6-13-21(15)18(23)14-22-19(24)17(26-20(22)25)12-7-11-16-9-3-2-4-10-16/h2-4,7,9-12,15H,5-6,8,13-14H2,1H3/b11-7+,17-12-/t15-/m0/s1. The van der Waals surface area contributed by atoms with Crippen LogP contribution in [0.15, 0.2) is 47.4 Å². The predicted molar refractivity (Wildman–Crippen MR) is 103 cm³/mol. The molecule has 0 spiro atoms. The minimum Gasteiger partial charge on any atom is -0.338 e. The highest BCUT2D eigenvalue weighted by Gasteiger charge is 2.37. The summed E-state index contributed by atoms with van der Waals surface area (Å²) in [5, 5.41) is -0.382. The number of carbonyl (C=O) groups is 3. The third-order valence-electron chi connectivity index (χ3n) is 4.63. The average Bonchev–Trinajstić information content (AvgIpc) is 2.90. The molecule has 2 aliphatic rings. The summed E-state index contributed by atoms with van der Waals surface area (Å²) in [5.41, 5.74) is 1.01. The van der Waals surface area contributed by atoms with E-state index < -0.39 is 5.91 Å². The van der Waals surface area contributed by atoms with Crippen molar-refractivity contribution < 1.29 is 14.4 Å². The van der Waals surface area contributed by atoms with E-state index in [1.165, 1.54) is 0 Å². The molecule has 0 bridgehead atoms. The number of amides is 3. The molecule has 26 heavy (non-hydrogen) atoms. The zero-order chi connectivity index (χ0) is 18.5. The van der Waals surface area contributed by atoms with Gasteiger partial charge in [0.1, 0.15) is 6.54 Å². The molecule has 0 radical (unpaired) electrons. The van der Waals surface area contributed by atoms with E-state index in [-0.39, 0.29) is 23.7 Å². The summed E-state index contributed by atoms with van der Waals surface area (Å²) in [6, 6.07) is 9.87. The van der Waals surface area contributed by atoms with Crippen molar-refractivity contribution in [3.8, 4) is 0 Å². The number of rotatable bonds is 4. The minimum atomic E-state index is -0.393. The molecule has 6 heteroatoms. The van der Waals surface area contributed by atoms with E-state index in [2.05, 4.69) is 0 Å². The quantitative estimate of drug-likeness (QED) is 0.759. The van der Waals surface area contributed by atoms with Gasteiger partial charge in [0, 0.05) is 12.6 Å². The molecule has 2 fully saturated rings. The average molecular weight is 370 g/mol. The SMILES string of the molecule is C[C@H]1CCCCN1C(=O)CN1C(=O)S/C(=C\C=C\c2ccccc2)C1=O. The lowest BCUT2D eigenvalue weighted by atomic mass is 10.0. The highest BCUT2D eigenvalue weighted by Crippen LogP contribution is 2.31. The first-order valence-corrected chi connectivity index (χ1v) is 9.64. The van der Waals surface area contributed by atoms with E-state index in [9.17, 15) is 14.4 Å². The molecule has 3 amide bonds. The fraction of sp³-hybridized carbons (Fsp3) is 0.350. The molecule has 1 aromatic rings.